The minimum absolute atomic E-state index is 0.167. The van der Waals surface area contributed by atoms with Crippen LogP contribution >= 0.6 is 11.8 Å². The van der Waals surface area contributed by atoms with Crippen molar-refractivity contribution in [3.8, 4) is 5.69 Å². The van der Waals surface area contributed by atoms with Gasteiger partial charge in [0.2, 0.25) is 11.1 Å². The smallest absolute Gasteiger partial charge is 0.233 e. The number of thioether (sulfide) groups is 1. The Morgan fingerprint density at radius 3 is 2.83 bits per heavy atom. The maximum absolute atomic E-state index is 12.4. The van der Waals surface area contributed by atoms with Crippen molar-refractivity contribution < 1.29 is 4.79 Å². The number of rotatable bonds is 4. The zero-order valence-electron chi connectivity index (χ0n) is 13.5. The first-order valence-electron chi connectivity index (χ1n) is 7.93. The van der Waals surface area contributed by atoms with E-state index in [0.717, 1.165) is 25.1 Å². The van der Waals surface area contributed by atoms with Crippen LogP contribution in [0.5, 0.6) is 0 Å². The van der Waals surface area contributed by atoms with Gasteiger partial charge < -0.3 is 4.90 Å². The third kappa shape index (κ3) is 3.72. The predicted molar refractivity (Wildman–Crippen MR) is 89.6 cm³/mol. The number of nitrogens with zero attached hydrogens (tertiary/aromatic N) is 5. The third-order valence-electron chi connectivity index (χ3n) is 4.17. The molecule has 1 amide bonds. The quantitative estimate of drug-likeness (QED) is 0.805. The molecule has 1 aliphatic heterocycles. The second-order valence-corrected chi connectivity index (χ2v) is 6.87. The summed E-state index contributed by atoms with van der Waals surface area (Å²) in [4.78, 5) is 14.4. The molecule has 7 heteroatoms. The van der Waals surface area contributed by atoms with Gasteiger partial charge in [-0.1, -0.05) is 29.5 Å². The van der Waals surface area contributed by atoms with Crippen LogP contribution in [0, 0.1) is 6.92 Å². The summed E-state index contributed by atoms with van der Waals surface area (Å²) in [6, 6.07) is 8.33. The first-order valence-corrected chi connectivity index (χ1v) is 8.91. The molecule has 122 valence electrons. The van der Waals surface area contributed by atoms with Crippen molar-refractivity contribution in [2.75, 3.05) is 12.3 Å². The average molecular weight is 331 g/mol. The summed E-state index contributed by atoms with van der Waals surface area (Å²) in [7, 11) is 0. The van der Waals surface area contributed by atoms with Crippen LogP contribution in [0.2, 0.25) is 0 Å². The van der Waals surface area contributed by atoms with Crippen molar-refractivity contribution in [3.05, 3.63) is 29.8 Å². The molecule has 1 aromatic heterocycles. The second-order valence-electron chi connectivity index (χ2n) is 5.93. The number of benzene rings is 1. The summed E-state index contributed by atoms with van der Waals surface area (Å²) in [6.07, 6.45) is 3.41. The second kappa shape index (κ2) is 7.12. The van der Waals surface area contributed by atoms with Crippen LogP contribution in [-0.2, 0) is 4.79 Å². The molecule has 0 spiro atoms. The van der Waals surface area contributed by atoms with E-state index in [4.69, 9.17) is 0 Å². The number of hydrogen-bond acceptors (Lipinski definition) is 5. The molecule has 2 heterocycles. The molecule has 2 aromatic rings. The Kier molecular flexibility index (Phi) is 4.95. The van der Waals surface area contributed by atoms with Gasteiger partial charge in [0, 0.05) is 12.6 Å². The Hall–Kier alpha value is -1.89. The van der Waals surface area contributed by atoms with Crippen LogP contribution in [-0.4, -0.2) is 49.4 Å². The zero-order chi connectivity index (χ0) is 16.2. The third-order valence-corrected chi connectivity index (χ3v) is 5.07. The van der Waals surface area contributed by atoms with Gasteiger partial charge in [0.25, 0.3) is 0 Å². The van der Waals surface area contributed by atoms with E-state index in [2.05, 4.69) is 22.4 Å². The maximum atomic E-state index is 12.4. The Morgan fingerprint density at radius 2 is 2.09 bits per heavy atom. The van der Waals surface area contributed by atoms with Crippen LogP contribution < -0.4 is 0 Å². The number of carbonyl (C=O) groups is 1. The highest BCUT2D eigenvalue weighted by Crippen LogP contribution is 2.22. The first kappa shape index (κ1) is 16.0. The molecule has 0 unspecified atom stereocenters. The van der Waals surface area contributed by atoms with Gasteiger partial charge in [-0.2, -0.15) is 4.68 Å². The molecule has 0 radical (unpaired) electrons. The molecule has 0 aliphatic carbocycles. The standard InChI is InChI=1S/C16H21N5OS/c1-12-6-8-14(9-7-12)21-16(17-18-19-21)23-11-15(22)20-10-4-3-5-13(20)2/h6-9,13H,3-5,10-11H2,1-2H3/t13-/m0/s1. The van der Waals surface area contributed by atoms with E-state index in [1.807, 2.05) is 36.1 Å². The lowest BCUT2D eigenvalue weighted by molar-refractivity contribution is -0.131. The molecule has 1 atom stereocenters. The Labute approximate surface area is 140 Å². The highest BCUT2D eigenvalue weighted by atomic mass is 32.2. The van der Waals surface area contributed by atoms with Gasteiger partial charge in [-0.05, 0) is 55.7 Å². The largest absolute Gasteiger partial charge is 0.339 e. The molecule has 3 rings (SSSR count). The van der Waals surface area contributed by atoms with Gasteiger partial charge in [0.1, 0.15) is 0 Å². The molecule has 1 saturated heterocycles. The van der Waals surface area contributed by atoms with Crippen LogP contribution in [0.3, 0.4) is 0 Å². The first-order chi connectivity index (χ1) is 11.1. The van der Waals surface area contributed by atoms with Gasteiger partial charge in [-0.25, -0.2) is 0 Å². The minimum atomic E-state index is 0.167. The lowest BCUT2D eigenvalue weighted by Gasteiger charge is -2.33. The molecule has 1 aromatic carbocycles. The number of carbonyl (C=O) groups excluding carboxylic acids is 1. The summed E-state index contributed by atoms with van der Waals surface area (Å²) in [5.74, 6) is 0.539. The van der Waals surface area contributed by atoms with Crippen molar-refractivity contribution in [3.63, 3.8) is 0 Å². The lowest BCUT2D eigenvalue weighted by atomic mass is 10.0. The fourth-order valence-electron chi connectivity index (χ4n) is 2.79. The molecule has 23 heavy (non-hydrogen) atoms. The summed E-state index contributed by atoms with van der Waals surface area (Å²) in [5.41, 5.74) is 2.09. The van der Waals surface area contributed by atoms with Gasteiger partial charge in [-0.15, -0.1) is 5.10 Å². The van der Waals surface area contributed by atoms with Crippen LogP contribution in [0.25, 0.3) is 5.69 Å². The summed E-state index contributed by atoms with van der Waals surface area (Å²) in [5, 5.41) is 12.5. The Bertz CT molecular complexity index is 669. The Balaban J connectivity index is 1.66. The SMILES string of the molecule is Cc1ccc(-n2nnnc2SCC(=O)N2CCCC[C@@H]2C)cc1. The number of amides is 1. The molecule has 0 saturated carbocycles. The van der Waals surface area contributed by atoms with E-state index in [-0.39, 0.29) is 5.91 Å². The predicted octanol–water partition coefficient (Wildman–Crippen LogP) is 2.46. The molecule has 1 fully saturated rings. The van der Waals surface area contributed by atoms with Crippen LogP contribution in [0.4, 0.5) is 0 Å². The fraction of sp³-hybridized carbons (Fsp3) is 0.500. The molecule has 0 N–H and O–H groups in total. The lowest BCUT2D eigenvalue weighted by Crippen LogP contribution is -2.42. The maximum Gasteiger partial charge on any atom is 0.233 e. The fourth-order valence-corrected chi connectivity index (χ4v) is 3.57. The summed E-state index contributed by atoms with van der Waals surface area (Å²) in [6.45, 7) is 5.03. The van der Waals surface area contributed by atoms with Gasteiger partial charge in [0.15, 0.2) is 0 Å². The molecule has 0 bridgehead atoms. The molecular formula is C16H21N5OS. The van der Waals surface area contributed by atoms with Crippen molar-refractivity contribution in [1.29, 1.82) is 0 Å². The minimum Gasteiger partial charge on any atom is -0.339 e. The molecular weight excluding hydrogens is 310 g/mol. The number of piperidine rings is 1. The highest BCUT2D eigenvalue weighted by Gasteiger charge is 2.23. The normalized spacial score (nSPS) is 18.2. The van der Waals surface area contributed by atoms with E-state index in [0.29, 0.717) is 17.0 Å². The van der Waals surface area contributed by atoms with Gasteiger partial charge in [-0.3, -0.25) is 4.79 Å². The number of likely N-dealkylation sites (tertiary alicyclic amines) is 1. The van der Waals surface area contributed by atoms with Crippen LogP contribution in [0.1, 0.15) is 31.7 Å². The van der Waals surface area contributed by atoms with E-state index >= 15 is 0 Å². The van der Waals surface area contributed by atoms with E-state index in [1.165, 1.54) is 23.7 Å². The van der Waals surface area contributed by atoms with Gasteiger partial charge >= 0.3 is 0 Å². The van der Waals surface area contributed by atoms with Crippen molar-refractivity contribution in [2.24, 2.45) is 0 Å². The van der Waals surface area contributed by atoms with Crippen molar-refractivity contribution >= 4 is 17.7 Å². The highest BCUT2D eigenvalue weighted by molar-refractivity contribution is 7.99. The summed E-state index contributed by atoms with van der Waals surface area (Å²) < 4.78 is 1.68. The molecule has 6 nitrogen and oxygen atoms in total. The Morgan fingerprint density at radius 1 is 1.30 bits per heavy atom. The van der Waals surface area contributed by atoms with Gasteiger partial charge in [0.05, 0.1) is 11.4 Å². The zero-order valence-corrected chi connectivity index (χ0v) is 14.3. The number of aromatic nitrogens is 4. The topological polar surface area (TPSA) is 63.9 Å². The molecule has 1 aliphatic rings. The monoisotopic (exact) mass is 331 g/mol. The number of tetrazole rings is 1. The number of hydrogen-bond donors (Lipinski definition) is 0. The average Bonchev–Trinajstić information content (AvgIpc) is 3.02. The van der Waals surface area contributed by atoms with E-state index in [1.54, 1.807) is 4.68 Å². The van der Waals surface area contributed by atoms with E-state index in [9.17, 15) is 4.79 Å². The van der Waals surface area contributed by atoms with Crippen molar-refractivity contribution in [2.45, 2.75) is 44.3 Å². The van der Waals surface area contributed by atoms with Crippen molar-refractivity contribution in [1.82, 2.24) is 25.1 Å². The van der Waals surface area contributed by atoms with E-state index < -0.39 is 0 Å². The summed E-state index contributed by atoms with van der Waals surface area (Å²) >= 11 is 1.39. The van der Waals surface area contributed by atoms with Crippen LogP contribution in [0.15, 0.2) is 29.4 Å². The number of aryl methyl sites for hydroxylation is 1.